The minimum absolute atomic E-state index is 0.199. The van der Waals surface area contributed by atoms with Gasteiger partial charge in [-0.15, -0.1) is 0 Å². The standard InChI is InChI=1S/C25H20N2O4/c1-31-23-10-18-17(9-19(23)16-5-2-4-15(8-16)13-26)12-25(6-3-7-25)27-14-20(24(29)30)22(28)11-21(18)27/h2,4-5,8-11,14H,3,6-7,12H2,1H3,(H,29,30). The van der Waals surface area contributed by atoms with Gasteiger partial charge in [0.25, 0.3) is 0 Å². The molecule has 0 unspecified atom stereocenters. The van der Waals surface area contributed by atoms with Crippen molar-refractivity contribution in [1.29, 1.82) is 5.26 Å². The number of nitriles is 1. The van der Waals surface area contributed by atoms with Gasteiger partial charge in [-0.25, -0.2) is 4.79 Å². The van der Waals surface area contributed by atoms with Gasteiger partial charge in [-0.2, -0.15) is 5.26 Å². The molecule has 1 saturated carbocycles. The molecule has 1 aliphatic carbocycles. The van der Waals surface area contributed by atoms with Gasteiger partial charge in [0.1, 0.15) is 11.3 Å². The van der Waals surface area contributed by atoms with Crippen LogP contribution in [0.25, 0.3) is 22.4 Å². The Morgan fingerprint density at radius 1 is 1.19 bits per heavy atom. The van der Waals surface area contributed by atoms with Gasteiger partial charge in [-0.1, -0.05) is 12.1 Å². The van der Waals surface area contributed by atoms with Crippen LogP contribution in [0.15, 0.2) is 53.5 Å². The molecule has 31 heavy (non-hydrogen) atoms. The number of ether oxygens (including phenoxy) is 1. The van der Waals surface area contributed by atoms with Crippen molar-refractivity contribution in [2.45, 2.75) is 31.2 Å². The van der Waals surface area contributed by atoms with Gasteiger partial charge >= 0.3 is 5.97 Å². The summed E-state index contributed by atoms with van der Waals surface area (Å²) in [5.41, 5.74) is 4.17. The SMILES string of the molecule is COc1cc2c(cc1-c1cccc(C#N)c1)CC1(CCC1)n1cc(C(=O)O)c(=O)cc1-2. The van der Waals surface area contributed by atoms with Crippen LogP contribution in [-0.4, -0.2) is 22.8 Å². The molecule has 0 saturated heterocycles. The van der Waals surface area contributed by atoms with Gasteiger partial charge in [0.2, 0.25) is 0 Å². The van der Waals surface area contributed by atoms with Crippen molar-refractivity contribution in [1.82, 2.24) is 4.57 Å². The van der Waals surface area contributed by atoms with Crippen LogP contribution in [0, 0.1) is 11.3 Å². The van der Waals surface area contributed by atoms with Crippen LogP contribution >= 0.6 is 0 Å². The fraction of sp³-hybridized carbons (Fsp3) is 0.240. The van der Waals surface area contributed by atoms with Gasteiger partial charge in [0, 0.05) is 28.9 Å². The summed E-state index contributed by atoms with van der Waals surface area (Å²) in [6, 6.07) is 15.0. The number of methoxy groups -OCH3 is 1. The number of carboxylic acids is 1. The lowest BCUT2D eigenvalue weighted by molar-refractivity contribution is 0.0691. The summed E-state index contributed by atoms with van der Waals surface area (Å²) in [6.07, 6.45) is 5.21. The van der Waals surface area contributed by atoms with Crippen molar-refractivity contribution in [2.75, 3.05) is 7.11 Å². The molecule has 1 N–H and O–H groups in total. The summed E-state index contributed by atoms with van der Waals surface area (Å²) in [7, 11) is 1.59. The Bertz CT molecular complexity index is 1340. The van der Waals surface area contributed by atoms with E-state index >= 15 is 0 Å². The lowest BCUT2D eigenvalue weighted by Gasteiger charge is -2.49. The fourth-order valence-electron chi connectivity index (χ4n) is 4.90. The van der Waals surface area contributed by atoms with Crippen molar-refractivity contribution >= 4 is 5.97 Å². The monoisotopic (exact) mass is 412 g/mol. The number of hydrogen-bond donors (Lipinski definition) is 1. The number of carboxylic acid groups (broad SMARTS) is 1. The summed E-state index contributed by atoms with van der Waals surface area (Å²) in [6.45, 7) is 0. The molecule has 1 aliphatic heterocycles. The first kappa shape index (κ1) is 19.1. The molecular weight excluding hydrogens is 392 g/mol. The van der Waals surface area contributed by atoms with E-state index in [1.54, 1.807) is 13.2 Å². The van der Waals surface area contributed by atoms with Crippen LogP contribution in [0.4, 0.5) is 0 Å². The van der Waals surface area contributed by atoms with Crippen LogP contribution in [0.3, 0.4) is 0 Å². The number of rotatable bonds is 3. The van der Waals surface area contributed by atoms with Crippen molar-refractivity contribution in [3.63, 3.8) is 0 Å². The smallest absolute Gasteiger partial charge is 0.341 e. The Hall–Kier alpha value is -3.85. The van der Waals surface area contributed by atoms with E-state index in [1.165, 1.54) is 12.3 Å². The summed E-state index contributed by atoms with van der Waals surface area (Å²) < 4.78 is 7.67. The highest BCUT2D eigenvalue weighted by Crippen LogP contribution is 2.50. The maximum Gasteiger partial charge on any atom is 0.341 e. The zero-order valence-electron chi connectivity index (χ0n) is 17.0. The maximum absolute atomic E-state index is 12.5. The molecule has 0 atom stereocenters. The molecule has 0 radical (unpaired) electrons. The van der Waals surface area contributed by atoms with Crippen LogP contribution in [0.5, 0.6) is 5.75 Å². The number of hydrogen-bond acceptors (Lipinski definition) is 4. The second-order valence-electron chi connectivity index (χ2n) is 8.27. The van der Waals surface area contributed by atoms with Crippen LogP contribution in [-0.2, 0) is 12.0 Å². The lowest BCUT2D eigenvalue weighted by atomic mass is 9.69. The molecular formula is C25H20N2O4. The van der Waals surface area contributed by atoms with E-state index in [1.807, 2.05) is 28.8 Å². The molecule has 1 aromatic heterocycles. The van der Waals surface area contributed by atoms with Gasteiger partial charge in [0.05, 0.1) is 24.4 Å². The van der Waals surface area contributed by atoms with Gasteiger partial charge in [0.15, 0.2) is 5.43 Å². The van der Waals surface area contributed by atoms with E-state index in [0.717, 1.165) is 53.6 Å². The van der Waals surface area contributed by atoms with Crippen LogP contribution in [0.1, 0.15) is 40.7 Å². The third-order valence-corrected chi connectivity index (χ3v) is 6.60. The molecule has 2 aromatic carbocycles. The predicted octanol–water partition coefficient (Wildman–Crippen LogP) is 4.20. The molecule has 0 bridgehead atoms. The molecule has 2 aliphatic rings. The average molecular weight is 412 g/mol. The normalized spacial score (nSPS) is 15.4. The van der Waals surface area contributed by atoms with Crippen molar-refractivity contribution in [2.24, 2.45) is 0 Å². The second-order valence-corrected chi connectivity index (χ2v) is 8.27. The summed E-state index contributed by atoms with van der Waals surface area (Å²) in [5, 5.41) is 18.7. The molecule has 0 amide bonds. The molecule has 3 aromatic rings. The predicted molar refractivity (Wildman–Crippen MR) is 115 cm³/mol. The number of pyridine rings is 1. The van der Waals surface area contributed by atoms with Crippen molar-refractivity contribution < 1.29 is 14.6 Å². The molecule has 1 spiro atoms. The zero-order chi connectivity index (χ0) is 21.8. The Labute approximate surface area is 179 Å². The summed E-state index contributed by atoms with van der Waals surface area (Å²) in [5.74, 6) is -0.564. The first-order valence-corrected chi connectivity index (χ1v) is 10.2. The fourth-order valence-corrected chi connectivity index (χ4v) is 4.90. The van der Waals surface area contributed by atoms with E-state index < -0.39 is 11.4 Å². The zero-order valence-corrected chi connectivity index (χ0v) is 17.0. The van der Waals surface area contributed by atoms with E-state index in [0.29, 0.717) is 11.3 Å². The molecule has 6 heteroatoms. The number of aromatic carboxylic acids is 1. The van der Waals surface area contributed by atoms with E-state index in [2.05, 4.69) is 12.1 Å². The van der Waals surface area contributed by atoms with Gasteiger partial charge < -0.3 is 14.4 Å². The number of fused-ring (bicyclic) bond motifs is 4. The third kappa shape index (κ3) is 2.85. The Balaban J connectivity index is 1.76. The number of nitrogens with zero attached hydrogens (tertiary/aromatic N) is 2. The number of aromatic nitrogens is 1. The Morgan fingerprint density at radius 2 is 2.00 bits per heavy atom. The lowest BCUT2D eigenvalue weighted by Crippen LogP contribution is -2.46. The Kier molecular flexibility index (Phi) is 4.23. The molecule has 5 rings (SSSR count). The minimum Gasteiger partial charge on any atom is -0.496 e. The van der Waals surface area contributed by atoms with Crippen molar-refractivity contribution in [3.8, 4) is 34.2 Å². The molecule has 154 valence electrons. The summed E-state index contributed by atoms with van der Waals surface area (Å²) in [4.78, 5) is 24.1. The minimum atomic E-state index is -1.20. The molecule has 6 nitrogen and oxygen atoms in total. The van der Waals surface area contributed by atoms with E-state index in [9.17, 15) is 20.0 Å². The molecule has 2 heterocycles. The van der Waals surface area contributed by atoms with Crippen LogP contribution in [0.2, 0.25) is 0 Å². The number of benzene rings is 2. The van der Waals surface area contributed by atoms with E-state index in [4.69, 9.17) is 4.74 Å². The topological polar surface area (TPSA) is 92.3 Å². The third-order valence-electron chi connectivity index (χ3n) is 6.60. The molecule has 1 fully saturated rings. The van der Waals surface area contributed by atoms with Crippen LogP contribution < -0.4 is 10.2 Å². The first-order valence-electron chi connectivity index (χ1n) is 10.2. The highest BCUT2D eigenvalue weighted by Gasteiger charge is 2.43. The van der Waals surface area contributed by atoms with Gasteiger partial charge in [-0.05, 0) is 61.1 Å². The summed E-state index contributed by atoms with van der Waals surface area (Å²) >= 11 is 0. The first-order chi connectivity index (χ1) is 15.0. The highest BCUT2D eigenvalue weighted by molar-refractivity contribution is 5.88. The number of carbonyl (C=O) groups is 1. The van der Waals surface area contributed by atoms with E-state index in [-0.39, 0.29) is 11.1 Å². The quantitative estimate of drug-likeness (QED) is 0.696. The van der Waals surface area contributed by atoms with Crippen molar-refractivity contribution in [3.05, 3.63) is 75.6 Å². The maximum atomic E-state index is 12.5. The second kappa shape index (κ2) is 6.85. The Morgan fingerprint density at radius 3 is 2.65 bits per heavy atom. The van der Waals surface area contributed by atoms with Gasteiger partial charge in [-0.3, -0.25) is 4.79 Å². The largest absolute Gasteiger partial charge is 0.496 e. The highest BCUT2D eigenvalue weighted by atomic mass is 16.5. The average Bonchev–Trinajstić information content (AvgIpc) is 2.75.